The van der Waals surface area contributed by atoms with E-state index in [2.05, 4.69) is 49.2 Å². The highest BCUT2D eigenvalue weighted by atomic mass is 32.1. The minimum Gasteiger partial charge on any atom is -0.333 e. The number of thiazole rings is 1. The lowest BCUT2D eigenvalue weighted by molar-refractivity contribution is 0.0761. The Balaban J connectivity index is 1.80. The second-order valence-electron chi connectivity index (χ2n) is 5.47. The normalized spacial score (nSPS) is 15.0. The predicted molar refractivity (Wildman–Crippen MR) is 86.6 cm³/mol. The van der Waals surface area contributed by atoms with Crippen molar-refractivity contribution in [1.82, 2.24) is 9.88 Å². The molecule has 3 nitrogen and oxygen atoms in total. The van der Waals surface area contributed by atoms with E-state index in [-0.39, 0.29) is 5.91 Å². The van der Waals surface area contributed by atoms with Gasteiger partial charge in [-0.15, -0.1) is 11.3 Å². The summed E-state index contributed by atoms with van der Waals surface area (Å²) in [6, 6.07) is 8.24. The van der Waals surface area contributed by atoms with Crippen molar-refractivity contribution in [2.24, 2.45) is 0 Å². The summed E-state index contributed by atoms with van der Waals surface area (Å²) in [5, 5.41) is 2.77. The molecule has 2 heterocycles. The number of amides is 1. The van der Waals surface area contributed by atoms with Crippen molar-refractivity contribution >= 4 is 17.2 Å². The van der Waals surface area contributed by atoms with Crippen molar-refractivity contribution in [3.05, 3.63) is 52.6 Å². The van der Waals surface area contributed by atoms with Gasteiger partial charge in [0.2, 0.25) is 0 Å². The van der Waals surface area contributed by atoms with Gasteiger partial charge >= 0.3 is 0 Å². The Bertz CT molecular complexity index is 685. The molecule has 3 rings (SSSR count). The van der Waals surface area contributed by atoms with Crippen LogP contribution in [0.3, 0.4) is 0 Å². The van der Waals surface area contributed by atoms with Crippen LogP contribution in [0.2, 0.25) is 0 Å². The van der Waals surface area contributed by atoms with Gasteiger partial charge in [0.1, 0.15) is 10.7 Å². The van der Waals surface area contributed by atoms with Crippen LogP contribution in [0.4, 0.5) is 0 Å². The second kappa shape index (κ2) is 5.82. The van der Waals surface area contributed by atoms with Crippen LogP contribution in [-0.2, 0) is 0 Å². The Morgan fingerprint density at radius 3 is 2.71 bits per heavy atom. The lowest BCUT2D eigenvalue weighted by atomic mass is 10.1. The Morgan fingerprint density at radius 2 is 2.00 bits per heavy atom. The summed E-state index contributed by atoms with van der Waals surface area (Å²) in [5.74, 6) is 0.0389. The highest BCUT2D eigenvalue weighted by Crippen LogP contribution is 2.25. The van der Waals surface area contributed by atoms with E-state index < -0.39 is 0 Å². The van der Waals surface area contributed by atoms with Gasteiger partial charge < -0.3 is 4.90 Å². The average molecular weight is 298 g/mol. The molecule has 1 aliphatic heterocycles. The van der Waals surface area contributed by atoms with E-state index in [0.29, 0.717) is 5.69 Å². The fourth-order valence-electron chi connectivity index (χ4n) is 2.45. The number of hydrogen-bond donors (Lipinski definition) is 0. The number of hydrogen-bond acceptors (Lipinski definition) is 3. The standard InChI is InChI=1S/C17H18N2OS/c1-12-5-7-14(8-6-12)16-18-15(11-21-16)17(20)19-9-3-4-13(2)10-19/h4-8,11H,3,9-10H2,1-2H3. The second-order valence-corrected chi connectivity index (χ2v) is 6.33. The molecule has 0 radical (unpaired) electrons. The van der Waals surface area contributed by atoms with Gasteiger partial charge in [0.25, 0.3) is 5.91 Å². The first-order valence-electron chi connectivity index (χ1n) is 7.11. The Labute approximate surface area is 128 Å². The third-order valence-electron chi connectivity index (χ3n) is 3.64. The first-order chi connectivity index (χ1) is 10.1. The molecule has 2 aromatic rings. The Morgan fingerprint density at radius 1 is 1.24 bits per heavy atom. The first kappa shape index (κ1) is 14.0. The molecule has 1 aromatic carbocycles. The number of benzene rings is 1. The summed E-state index contributed by atoms with van der Waals surface area (Å²) in [4.78, 5) is 18.9. The van der Waals surface area contributed by atoms with E-state index >= 15 is 0 Å². The number of aromatic nitrogens is 1. The quantitative estimate of drug-likeness (QED) is 0.788. The third kappa shape index (κ3) is 3.05. The maximum atomic E-state index is 12.5. The van der Waals surface area contributed by atoms with Crippen LogP contribution in [0.25, 0.3) is 10.6 Å². The van der Waals surface area contributed by atoms with Crippen molar-refractivity contribution in [3.63, 3.8) is 0 Å². The van der Waals surface area contributed by atoms with E-state index in [1.54, 1.807) is 0 Å². The fraction of sp³-hybridized carbons (Fsp3) is 0.294. The minimum atomic E-state index is 0.0389. The van der Waals surface area contributed by atoms with Crippen LogP contribution in [-0.4, -0.2) is 28.9 Å². The molecule has 0 atom stereocenters. The lowest BCUT2D eigenvalue weighted by Gasteiger charge is -2.25. The molecule has 0 aliphatic carbocycles. The maximum absolute atomic E-state index is 12.5. The van der Waals surface area contributed by atoms with Crippen LogP contribution >= 0.6 is 11.3 Å². The molecule has 4 heteroatoms. The van der Waals surface area contributed by atoms with Crippen molar-refractivity contribution in [2.45, 2.75) is 20.3 Å². The molecule has 0 spiro atoms. The summed E-state index contributed by atoms with van der Waals surface area (Å²) in [5.41, 5.74) is 4.11. The smallest absolute Gasteiger partial charge is 0.273 e. The topological polar surface area (TPSA) is 33.2 Å². The Hall–Kier alpha value is -1.94. The van der Waals surface area contributed by atoms with Crippen molar-refractivity contribution in [2.75, 3.05) is 13.1 Å². The SMILES string of the molecule is CC1=CCCN(C(=O)c2csc(-c3ccc(C)cc3)n2)C1. The summed E-state index contributed by atoms with van der Waals surface area (Å²) in [6.07, 6.45) is 3.13. The lowest BCUT2D eigenvalue weighted by Crippen LogP contribution is -2.35. The number of nitrogens with zero attached hydrogens (tertiary/aromatic N) is 2. The number of carbonyl (C=O) groups excluding carboxylic acids is 1. The number of carbonyl (C=O) groups is 1. The third-order valence-corrected chi connectivity index (χ3v) is 4.53. The van der Waals surface area contributed by atoms with Gasteiger partial charge in [-0.2, -0.15) is 0 Å². The molecule has 1 amide bonds. The molecule has 0 saturated heterocycles. The van der Waals surface area contributed by atoms with Gasteiger partial charge in [-0.3, -0.25) is 4.79 Å². The van der Waals surface area contributed by atoms with Crippen LogP contribution in [0, 0.1) is 6.92 Å². The van der Waals surface area contributed by atoms with Crippen LogP contribution in [0.5, 0.6) is 0 Å². The molecular weight excluding hydrogens is 280 g/mol. The van der Waals surface area contributed by atoms with E-state index in [4.69, 9.17) is 0 Å². The molecule has 1 aliphatic rings. The van der Waals surface area contributed by atoms with Crippen LogP contribution < -0.4 is 0 Å². The monoisotopic (exact) mass is 298 g/mol. The molecule has 0 saturated carbocycles. The molecule has 108 valence electrons. The average Bonchev–Trinajstić information content (AvgIpc) is 2.97. The first-order valence-corrected chi connectivity index (χ1v) is 7.99. The summed E-state index contributed by atoms with van der Waals surface area (Å²) in [7, 11) is 0. The van der Waals surface area contributed by atoms with E-state index in [1.807, 2.05) is 10.3 Å². The summed E-state index contributed by atoms with van der Waals surface area (Å²) in [6.45, 7) is 5.63. The van der Waals surface area contributed by atoms with Crippen molar-refractivity contribution < 1.29 is 4.79 Å². The van der Waals surface area contributed by atoms with Gasteiger partial charge in [-0.25, -0.2) is 4.98 Å². The zero-order valence-electron chi connectivity index (χ0n) is 12.3. The molecule has 0 N–H and O–H groups in total. The van der Waals surface area contributed by atoms with Crippen molar-refractivity contribution in [1.29, 1.82) is 0 Å². The molecule has 21 heavy (non-hydrogen) atoms. The maximum Gasteiger partial charge on any atom is 0.273 e. The van der Waals surface area contributed by atoms with Gasteiger partial charge in [-0.05, 0) is 20.3 Å². The molecule has 0 unspecified atom stereocenters. The van der Waals surface area contributed by atoms with E-state index in [9.17, 15) is 4.79 Å². The molecular formula is C17H18N2OS. The molecule has 1 aromatic heterocycles. The van der Waals surface area contributed by atoms with Crippen LogP contribution in [0.1, 0.15) is 29.4 Å². The Kier molecular flexibility index (Phi) is 3.88. The van der Waals surface area contributed by atoms with Crippen molar-refractivity contribution in [3.8, 4) is 10.6 Å². The predicted octanol–water partition coefficient (Wildman–Crippen LogP) is 3.91. The molecule has 0 bridgehead atoms. The highest BCUT2D eigenvalue weighted by molar-refractivity contribution is 7.13. The summed E-state index contributed by atoms with van der Waals surface area (Å²) >= 11 is 1.53. The summed E-state index contributed by atoms with van der Waals surface area (Å²) < 4.78 is 0. The minimum absolute atomic E-state index is 0.0389. The van der Waals surface area contributed by atoms with E-state index in [1.165, 1.54) is 22.5 Å². The van der Waals surface area contributed by atoms with Gasteiger partial charge in [-0.1, -0.05) is 41.5 Å². The largest absolute Gasteiger partial charge is 0.333 e. The fourth-order valence-corrected chi connectivity index (χ4v) is 3.25. The number of aryl methyl sites for hydroxylation is 1. The number of rotatable bonds is 2. The van der Waals surface area contributed by atoms with Crippen LogP contribution in [0.15, 0.2) is 41.3 Å². The molecule has 0 fully saturated rings. The van der Waals surface area contributed by atoms with Gasteiger partial charge in [0, 0.05) is 24.0 Å². The zero-order valence-corrected chi connectivity index (χ0v) is 13.1. The highest BCUT2D eigenvalue weighted by Gasteiger charge is 2.20. The van der Waals surface area contributed by atoms with E-state index in [0.717, 1.165) is 30.1 Å². The van der Waals surface area contributed by atoms with Gasteiger partial charge in [0.05, 0.1) is 0 Å². The van der Waals surface area contributed by atoms with Gasteiger partial charge in [0.15, 0.2) is 0 Å². The zero-order chi connectivity index (χ0) is 14.8.